The lowest BCUT2D eigenvalue weighted by Gasteiger charge is -2.06. The molecule has 0 radical (unpaired) electrons. The fraction of sp³-hybridized carbons (Fsp3) is 0.789. The van der Waals surface area contributed by atoms with Crippen molar-refractivity contribution >= 4 is 11.8 Å². The van der Waals surface area contributed by atoms with Crippen LogP contribution in [-0.2, 0) is 14.3 Å². The molecule has 0 aromatic rings. The fourth-order valence-corrected chi connectivity index (χ4v) is 2.71. The normalized spacial score (nSPS) is 15.3. The number of imide groups is 1. The Morgan fingerprint density at radius 2 is 1.43 bits per heavy atom. The molecule has 1 aliphatic rings. The van der Waals surface area contributed by atoms with E-state index in [-0.39, 0.29) is 11.8 Å². The van der Waals surface area contributed by atoms with E-state index in [2.05, 4.69) is 6.92 Å². The van der Waals surface area contributed by atoms with Crippen LogP contribution in [0.4, 0.5) is 0 Å². The predicted molar refractivity (Wildman–Crippen MR) is 92.9 cm³/mol. The van der Waals surface area contributed by atoms with E-state index in [9.17, 15) is 9.59 Å². The Balaban J connectivity index is 1.83. The zero-order valence-electron chi connectivity index (χ0n) is 14.7. The summed E-state index contributed by atoms with van der Waals surface area (Å²) in [5.41, 5.74) is 0. The Kier molecular flexibility index (Phi) is 11.5. The van der Waals surface area contributed by atoms with Gasteiger partial charge in [-0.15, -0.1) is 0 Å². The number of likely N-dealkylation sites (tertiary alicyclic amines) is 1. The topological polar surface area (TPSA) is 46.6 Å². The summed E-state index contributed by atoms with van der Waals surface area (Å²) in [5, 5.41) is 0. The molecule has 0 bridgehead atoms. The lowest BCUT2D eigenvalue weighted by molar-refractivity contribution is -0.135. The number of allylic oxidation sites excluding steroid dienone is 1. The van der Waals surface area contributed by atoms with Gasteiger partial charge in [-0.3, -0.25) is 14.5 Å². The van der Waals surface area contributed by atoms with Crippen LogP contribution in [-0.4, -0.2) is 29.9 Å². The molecule has 0 aromatic heterocycles. The monoisotopic (exact) mass is 323 g/mol. The van der Waals surface area contributed by atoms with Crippen LogP contribution >= 0.6 is 0 Å². The third-order valence-electron chi connectivity index (χ3n) is 4.10. The zero-order chi connectivity index (χ0) is 16.8. The Morgan fingerprint density at radius 3 is 2.04 bits per heavy atom. The van der Waals surface area contributed by atoms with Crippen LogP contribution in [0, 0.1) is 0 Å². The maximum Gasteiger partial charge on any atom is 0.233 e. The largest absolute Gasteiger partial charge is 0.381 e. The van der Waals surface area contributed by atoms with Gasteiger partial charge >= 0.3 is 0 Å². The van der Waals surface area contributed by atoms with Crippen LogP contribution < -0.4 is 0 Å². The van der Waals surface area contributed by atoms with Gasteiger partial charge in [0.2, 0.25) is 11.8 Å². The standard InChI is InChI=1S/C19H33NO3/c1-2-16-23-17-12-10-8-6-4-3-5-7-9-11-15-20-18(21)13-14-19(20)22/h11,15H,2-10,12-14,16-17H2,1H3. The van der Waals surface area contributed by atoms with Gasteiger partial charge in [0.25, 0.3) is 0 Å². The van der Waals surface area contributed by atoms with Crippen molar-refractivity contribution in [2.24, 2.45) is 0 Å². The molecule has 1 heterocycles. The van der Waals surface area contributed by atoms with Gasteiger partial charge in [-0.05, 0) is 25.7 Å². The average Bonchev–Trinajstić information content (AvgIpc) is 2.86. The second-order valence-corrected chi connectivity index (χ2v) is 6.27. The summed E-state index contributed by atoms with van der Waals surface area (Å²) in [4.78, 5) is 24.1. The maximum atomic E-state index is 11.4. The van der Waals surface area contributed by atoms with Gasteiger partial charge in [-0.2, -0.15) is 0 Å². The van der Waals surface area contributed by atoms with Crippen LogP contribution in [0.1, 0.15) is 84.0 Å². The minimum absolute atomic E-state index is 0.0636. The summed E-state index contributed by atoms with van der Waals surface area (Å²) in [6.45, 7) is 3.96. The smallest absolute Gasteiger partial charge is 0.233 e. The summed E-state index contributed by atoms with van der Waals surface area (Å²) in [5.74, 6) is -0.127. The lowest BCUT2D eigenvalue weighted by Crippen LogP contribution is -2.22. The number of carbonyl (C=O) groups excluding carboxylic acids is 2. The molecule has 0 spiro atoms. The number of nitrogens with zero attached hydrogens (tertiary/aromatic N) is 1. The highest BCUT2D eigenvalue weighted by atomic mass is 16.5. The molecule has 23 heavy (non-hydrogen) atoms. The van der Waals surface area contributed by atoms with Crippen LogP contribution in [0.3, 0.4) is 0 Å². The van der Waals surface area contributed by atoms with Gasteiger partial charge in [-0.1, -0.05) is 51.5 Å². The molecule has 1 aliphatic heterocycles. The first-order valence-electron chi connectivity index (χ1n) is 9.35. The molecule has 2 amide bonds. The van der Waals surface area contributed by atoms with Gasteiger partial charge in [0.15, 0.2) is 0 Å². The van der Waals surface area contributed by atoms with Crippen LogP contribution in [0.2, 0.25) is 0 Å². The minimum atomic E-state index is -0.0636. The Morgan fingerprint density at radius 1 is 0.870 bits per heavy atom. The third kappa shape index (κ3) is 9.54. The Bertz CT molecular complexity index is 350. The molecule has 4 nitrogen and oxygen atoms in total. The van der Waals surface area contributed by atoms with Crippen molar-refractivity contribution in [3.05, 3.63) is 12.3 Å². The number of carbonyl (C=O) groups is 2. The van der Waals surface area contributed by atoms with Crippen LogP contribution in [0.15, 0.2) is 12.3 Å². The van der Waals surface area contributed by atoms with Gasteiger partial charge in [0, 0.05) is 32.3 Å². The van der Waals surface area contributed by atoms with Crippen LogP contribution in [0.25, 0.3) is 0 Å². The number of hydrogen-bond donors (Lipinski definition) is 0. The van der Waals surface area contributed by atoms with Gasteiger partial charge in [0.05, 0.1) is 0 Å². The van der Waals surface area contributed by atoms with Crippen molar-refractivity contribution in [3.63, 3.8) is 0 Å². The van der Waals surface area contributed by atoms with Crippen molar-refractivity contribution in [3.8, 4) is 0 Å². The first-order valence-corrected chi connectivity index (χ1v) is 9.35. The van der Waals surface area contributed by atoms with E-state index in [0.717, 1.165) is 32.5 Å². The molecule has 0 aliphatic carbocycles. The van der Waals surface area contributed by atoms with E-state index in [1.807, 2.05) is 6.08 Å². The second kappa shape index (κ2) is 13.3. The number of amides is 2. The van der Waals surface area contributed by atoms with Crippen molar-refractivity contribution in [1.29, 1.82) is 0 Å². The lowest BCUT2D eigenvalue weighted by atomic mass is 10.1. The molecule has 0 saturated carbocycles. The van der Waals surface area contributed by atoms with E-state index >= 15 is 0 Å². The molecule has 1 saturated heterocycles. The third-order valence-corrected chi connectivity index (χ3v) is 4.10. The Labute approximate surface area is 141 Å². The van der Waals surface area contributed by atoms with E-state index in [1.54, 1.807) is 6.20 Å². The van der Waals surface area contributed by atoms with Crippen molar-refractivity contribution in [2.45, 2.75) is 84.0 Å². The second-order valence-electron chi connectivity index (χ2n) is 6.27. The maximum absolute atomic E-state index is 11.4. The summed E-state index contributed by atoms with van der Waals surface area (Å²) in [6, 6.07) is 0. The molecule has 1 rings (SSSR count). The minimum Gasteiger partial charge on any atom is -0.381 e. The summed E-state index contributed by atoms with van der Waals surface area (Å²) in [7, 11) is 0. The van der Waals surface area contributed by atoms with Gasteiger partial charge in [-0.25, -0.2) is 0 Å². The first kappa shape index (κ1) is 19.9. The van der Waals surface area contributed by atoms with Crippen molar-refractivity contribution < 1.29 is 14.3 Å². The highest BCUT2D eigenvalue weighted by molar-refractivity contribution is 6.02. The average molecular weight is 323 g/mol. The number of rotatable bonds is 14. The number of unbranched alkanes of at least 4 members (excludes halogenated alkanes) is 8. The van der Waals surface area contributed by atoms with Crippen LogP contribution in [0.5, 0.6) is 0 Å². The molecule has 0 aromatic carbocycles. The highest BCUT2D eigenvalue weighted by Gasteiger charge is 2.26. The van der Waals surface area contributed by atoms with E-state index in [0.29, 0.717) is 12.8 Å². The summed E-state index contributed by atoms with van der Waals surface area (Å²) in [6.07, 6.45) is 16.5. The summed E-state index contributed by atoms with van der Waals surface area (Å²) < 4.78 is 5.46. The molecule has 0 N–H and O–H groups in total. The number of ether oxygens (including phenoxy) is 1. The molecular weight excluding hydrogens is 290 g/mol. The number of hydrogen-bond acceptors (Lipinski definition) is 3. The highest BCUT2D eigenvalue weighted by Crippen LogP contribution is 2.13. The first-order chi connectivity index (χ1) is 11.3. The molecular formula is C19H33NO3. The van der Waals surface area contributed by atoms with Crippen molar-refractivity contribution in [1.82, 2.24) is 4.90 Å². The molecule has 0 atom stereocenters. The zero-order valence-corrected chi connectivity index (χ0v) is 14.7. The van der Waals surface area contributed by atoms with Gasteiger partial charge in [0.1, 0.15) is 0 Å². The molecule has 0 unspecified atom stereocenters. The SMILES string of the molecule is CCCOCCCCCCCCCCC=CN1C(=O)CCC1=O. The fourth-order valence-electron chi connectivity index (χ4n) is 2.71. The van der Waals surface area contributed by atoms with E-state index < -0.39 is 0 Å². The molecule has 1 fully saturated rings. The Hall–Kier alpha value is -1.16. The predicted octanol–water partition coefficient (Wildman–Crippen LogP) is 4.59. The van der Waals surface area contributed by atoms with Gasteiger partial charge < -0.3 is 4.74 Å². The molecule has 132 valence electrons. The quantitative estimate of drug-likeness (QED) is 0.347. The van der Waals surface area contributed by atoms with E-state index in [4.69, 9.17) is 4.74 Å². The molecule has 4 heteroatoms. The van der Waals surface area contributed by atoms with E-state index in [1.165, 1.54) is 49.8 Å². The summed E-state index contributed by atoms with van der Waals surface area (Å²) >= 11 is 0. The van der Waals surface area contributed by atoms with Crippen molar-refractivity contribution in [2.75, 3.05) is 13.2 Å².